The Morgan fingerprint density at radius 1 is 1.23 bits per heavy atom. The van der Waals surface area contributed by atoms with Crippen molar-refractivity contribution in [2.24, 2.45) is 0 Å². The summed E-state index contributed by atoms with van der Waals surface area (Å²) in [7, 11) is 0. The maximum absolute atomic E-state index is 12.9. The summed E-state index contributed by atoms with van der Waals surface area (Å²) in [6.45, 7) is 4.80. The average Bonchev–Trinajstić information content (AvgIpc) is 3.49. The van der Waals surface area contributed by atoms with Crippen molar-refractivity contribution in [1.82, 2.24) is 9.88 Å². The Labute approximate surface area is 184 Å². The monoisotopic (exact) mass is 439 g/mol. The zero-order chi connectivity index (χ0) is 21.1. The summed E-state index contributed by atoms with van der Waals surface area (Å²) >= 11 is 2.88. The van der Waals surface area contributed by atoms with E-state index in [0.717, 1.165) is 35.4 Å². The second-order valence-corrected chi connectivity index (χ2v) is 9.64. The quantitative estimate of drug-likeness (QED) is 0.561. The first-order chi connectivity index (χ1) is 14.6. The first-order valence-corrected chi connectivity index (χ1v) is 12.0. The number of carbonyl (C=O) groups is 2. The number of thiazole rings is 1. The highest BCUT2D eigenvalue weighted by Gasteiger charge is 2.35. The molecule has 3 aromatic rings. The van der Waals surface area contributed by atoms with E-state index in [1.54, 1.807) is 4.90 Å². The molecule has 1 aliphatic rings. The van der Waals surface area contributed by atoms with Gasteiger partial charge in [-0.05, 0) is 43.2 Å². The number of aromatic nitrogens is 1. The molecule has 0 saturated carbocycles. The van der Waals surface area contributed by atoms with Crippen LogP contribution in [0.15, 0.2) is 41.8 Å². The molecule has 1 unspecified atom stereocenters. The van der Waals surface area contributed by atoms with Crippen molar-refractivity contribution in [3.8, 4) is 11.3 Å². The van der Waals surface area contributed by atoms with Gasteiger partial charge in [-0.1, -0.05) is 43.7 Å². The molecular formula is C23H25N3O2S2. The van der Waals surface area contributed by atoms with E-state index < -0.39 is 6.04 Å². The Kier molecular flexibility index (Phi) is 6.29. The van der Waals surface area contributed by atoms with E-state index >= 15 is 0 Å². The number of hydrogen-bond donors (Lipinski definition) is 1. The number of aryl methyl sites for hydroxylation is 2. The molecule has 4 rings (SSSR count). The molecule has 2 aromatic heterocycles. The van der Waals surface area contributed by atoms with Crippen molar-refractivity contribution < 1.29 is 9.59 Å². The fourth-order valence-corrected chi connectivity index (χ4v) is 5.37. The predicted molar refractivity (Wildman–Crippen MR) is 123 cm³/mol. The summed E-state index contributed by atoms with van der Waals surface area (Å²) in [5, 5.41) is 5.42. The van der Waals surface area contributed by atoms with Crippen LogP contribution in [0.1, 0.15) is 46.3 Å². The number of nitrogens with one attached hydrogen (secondary N) is 1. The standard InChI is InChI=1S/C23H25N3O2S2/c1-3-6-16-9-11-17(12-10-16)20-15(2)30-23(24-20)25-21(27)18-7-4-13-26(18)22(28)19-8-5-14-29-19/h5,8-12,14,18H,3-4,6-7,13H2,1-2H3,(H,24,25,27). The molecule has 5 nitrogen and oxygen atoms in total. The van der Waals surface area contributed by atoms with Crippen molar-refractivity contribution >= 4 is 39.6 Å². The van der Waals surface area contributed by atoms with Crippen LogP contribution in [0.25, 0.3) is 11.3 Å². The molecule has 1 aromatic carbocycles. The molecule has 0 bridgehead atoms. The van der Waals surface area contributed by atoms with Crippen molar-refractivity contribution in [2.45, 2.75) is 45.6 Å². The zero-order valence-electron chi connectivity index (χ0n) is 17.2. The number of likely N-dealkylation sites (tertiary alicyclic amines) is 1. The summed E-state index contributed by atoms with van der Waals surface area (Å²) in [6, 6.07) is 11.7. The first kappa shape index (κ1) is 20.8. The maximum atomic E-state index is 12.9. The van der Waals surface area contributed by atoms with Crippen LogP contribution in [0, 0.1) is 6.92 Å². The Balaban J connectivity index is 1.47. The van der Waals surface area contributed by atoms with E-state index in [4.69, 9.17) is 0 Å². The van der Waals surface area contributed by atoms with Gasteiger partial charge in [0.25, 0.3) is 5.91 Å². The van der Waals surface area contributed by atoms with E-state index in [1.807, 2.05) is 24.4 Å². The lowest BCUT2D eigenvalue weighted by Gasteiger charge is -2.22. The summed E-state index contributed by atoms with van der Waals surface area (Å²) in [4.78, 5) is 33.8. The fourth-order valence-electron chi connectivity index (χ4n) is 3.85. The molecule has 2 amide bonds. The number of benzene rings is 1. The van der Waals surface area contributed by atoms with Crippen LogP contribution < -0.4 is 5.32 Å². The van der Waals surface area contributed by atoms with Crippen molar-refractivity contribution in [3.63, 3.8) is 0 Å². The molecule has 7 heteroatoms. The minimum Gasteiger partial charge on any atom is -0.326 e. The molecule has 1 saturated heterocycles. The SMILES string of the molecule is CCCc1ccc(-c2nc(NC(=O)C3CCCN3C(=O)c3cccs3)sc2C)cc1. The number of anilines is 1. The van der Waals surface area contributed by atoms with Crippen molar-refractivity contribution in [3.05, 3.63) is 57.1 Å². The minimum atomic E-state index is -0.444. The Hall–Kier alpha value is -2.51. The van der Waals surface area contributed by atoms with Gasteiger partial charge in [0, 0.05) is 17.0 Å². The topological polar surface area (TPSA) is 62.3 Å². The second-order valence-electron chi connectivity index (χ2n) is 7.49. The van der Waals surface area contributed by atoms with E-state index in [9.17, 15) is 9.59 Å². The average molecular weight is 440 g/mol. The highest BCUT2D eigenvalue weighted by atomic mass is 32.1. The summed E-state index contributed by atoms with van der Waals surface area (Å²) < 4.78 is 0. The minimum absolute atomic E-state index is 0.0640. The number of rotatable bonds is 6. The lowest BCUT2D eigenvalue weighted by molar-refractivity contribution is -0.119. The molecule has 1 aliphatic heterocycles. The molecule has 1 N–H and O–H groups in total. The zero-order valence-corrected chi connectivity index (χ0v) is 18.8. The van der Waals surface area contributed by atoms with Gasteiger partial charge in [-0.3, -0.25) is 9.59 Å². The summed E-state index contributed by atoms with van der Waals surface area (Å²) in [5.41, 5.74) is 3.27. The van der Waals surface area contributed by atoms with Gasteiger partial charge >= 0.3 is 0 Å². The molecule has 0 spiro atoms. The summed E-state index contributed by atoms with van der Waals surface area (Å²) in [5.74, 6) is -0.221. The van der Waals surface area contributed by atoms with Crippen LogP contribution in [-0.4, -0.2) is 34.3 Å². The van der Waals surface area contributed by atoms with E-state index in [2.05, 4.69) is 41.5 Å². The van der Waals surface area contributed by atoms with Crippen LogP contribution in [0.2, 0.25) is 0 Å². The van der Waals surface area contributed by atoms with E-state index in [-0.39, 0.29) is 11.8 Å². The molecule has 30 heavy (non-hydrogen) atoms. The van der Waals surface area contributed by atoms with Crippen molar-refractivity contribution in [2.75, 3.05) is 11.9 Å². The van der Waals surface area contributed by atoms with Gasteiger partial charge in [-0.2, -0.15) is 0 Å². The molecule has 0 radical (unpaired) electrons. The van der Waals surface area contributed by atoms with Crippen LogP contribution in [0.3, 0.4) is 0 Å². The van der Waals surface area contributed by atoms with Gasteiger partial charge in [0.05, 0.1) is 10.6 Å². The third-order valence-corrected chi connectivity index (χ3v) is 7.09. The molecule has 1 atom stereocenters. The number of hydrogen-bond acceptors (Lipinski definition) is 5. The van der Waals surface area contributed by atoms with Gasteiger partial charge in [0.2, 0.25) is 5.91 Å². The van der Waals surface area contributed by atoms with Gasteiger partial charge in [-0.15, -0.1) is 22.7 Å². The van der Waals surface area contributed by atoms with E-state index in [1.165, 1.54) is 28.2 Å². The maximum Gasteiger partial charge on any atom is 0.264 e. The summed E-state index contributed by atoms with van der Waals surface area (Å²) in [6.07, 6.45) is 3.71. The van der Waals surface area contributed by atoms with Crippen LogP contribution in [0.5, 0.6) is 0 Å². The second kappa shape index (κ2) is 9.10. The predicted octanol–water partition coefficient (Wildman–Crippen LogP) is 5.38. The Bertz CT molecular complexity index is 1030. The number of carbonyl (C=O) groups excluding carboxylic acids is 2. The molecule has 1 fully saturated rings. The van der Waals surface area contributed by atoms with Gasteiger partial charge in [0.1, 0.15) is 6.04 Å². The highest BCUT2D eigenvalue weighted by Crippen LogP contribution is 2.31. The lowest BCUT2D eigenvalue weighted by Crippen LogP contribution is -2.42. The Morgan fingerprint density at radius 2 is 2.03 bits per heavy atom. The Morgan fingerprint density at radius 3 is 2.73 bits per heavy atom. The lowest BCUT2D eigenvalue weighted by atomic mass is 10.1. The van der Waals surface area contributed by atoms with Crippen LogP contribution in [0.4, 0.5) is 5.13 Å². The van der Waals surface area contributed by atoms with Gasteiger partial charge in [-0.25, -0.2) is 4.98 Å². The number of nitrogens with zero attached hydrogens (tertiary/aromatic N) is 2. The number of thiophene rings is 1. The van der Waals surface area contributed by atoms with Crippen LogP contribution in [-0.2, 0) is 11.2 Å². The third-order valence-electron chi connectivity index (χ3n) is 5.34. The first-order valence-electron chi connectivity index (χ1n) is 10.3. The smallest absolute Gasteiger partial charge is 0.264 e. The van der Waals surface area contributed by atoms with E-state index in [0.29, 0.717) is 23.0 Å². The fraction of sp³-hybridized carbons (Fsp3) is 0.348. The molecule has 156 valence electrons. The molecule has 3 heterocycles. The third kappa shape index (κ3) is 4.32. The normalized spacial score (nSPS) is 16.1. The molecular weight excluding hydrogens is 414 g/mol. The molecule has 0 aliphatic carbocycles. The van der Waals surface area contributed by atoms with Crippen LogP contribution >= 0.6 is 22.7 Å². The van der Waals surface area contributed by atoms with Gasteiger partial charge in [0.15, 0.2) is 5.13 Å². The highest BCUT2D eigenvalue weighted by molar-refractivity contribution is 7.16. The van der Waals surface area contributed by atoms with Crippen molar-refractivity contribution in [1.29, 1.82) is 0 Å². The largest absolute Gasteiger partial charge is 0.326 e. The van der Waals surface area contributed by atoms with Gasteiger partial charge < -0.3 is 10.2 Å². The number of amides is 2.